The maximum Gasteiger partial charge on any atom is 0.284 e. The van der Waals surface area contributed by atoms with E-state index in [1.54, 1.807) is 18.2 Å². The number of amides is 1. The van der Waals surface area contributed by atoms with Crippen molar-refractivity contribution in [1.82, 2.24) is 30.4 Å². The lowest BCUT2D eigenvalue weighted by Crippen LogP contribution is -2.26. The van der Waals surface area contributed by atoms with Crippen molar-refractivity contribution in [3.8, 4) is 23.3 Å². The maximum atomic E-state index is 12.7. The van der Waals surface area contributed by atoms with Crippen LogP contribution in [0.4, 0.5) is 14.7 Å². The molecule has 11 nitrogen and oxygen atoms in total. The van der Waals surface area contributed by atoms with Gasteiger partial charge in [0.25, 0.3) is 5.91 Å². The third-order valence-corrected chi connectivity index (χ3v) is 3.58. The molecule has 3 N–H and O–H groups in total. The zero-order chi connectivity index (χ0) is 21.5. The second kappa shape index (κ2) is 9.34. The number of rotatable bonds is 8. The number of nitrogens with two attached hydrogens (primary N) is 1. The predicted octanol–water partition coefficient (Wildman–Crippen LogP) is 1.13. The molecule has 13 heteroatoms. The average molecular weight is 416 g/mol. The summed E-state index contributed by atoms with van der Waals surface area (Å²) >= 11 is 0. The fourth-order valence-corrected chi connectivity index (χ4v) is 2.33. The van der Waals surface area contributed by atoms with Crippen LogP contribution in [0.5, 0.6) is 5.88 Å². The number of halogens is 2. The van der Waals surface area contributed by atoms with Crippen molar-refractivity contribution in [2.45, 2.75) is 6.61 Å². The van der Waals surface area contributed by atoms with Crippen molar-refractivity contribution in [3.05, 3.63) is 47.5 Å². The smallest absolute Gasteiger partial charge is 0.284 e. The van der Waals surface area contributed by atoms with Crippen LogP contribution in [0.1, 0.15) is 21.7 Å². The maximum absolute atomic E-state index is 12.7. The van der Waals surface area contributed by atoms with Gasteiger partial charge in [-0.15, -0.1) is 5.10 Å². The molecule has 1 aromatic carbocycles. The van der Waals surface area contributed by atoms with Crippen LogP contribution in [0.25, 0.3) is 11.4 Å². The number of nitrogens with zero attached hydrogens (tertiary/aromatic N) is 6. The lowest BCUT2D eigenvalue weighted by Gasteiger charge is -2.13. The molecule has 2 heterocycles. The second-order valence-electron chi connectivity index (χ2n) is 5.61. The summed E-state index contributed by atoms with van der Waals surface area (Å²) in [5.41, 5.74) is 8.49. The van der Waals surface area contributed by atoms with E-state index in [-0.39, 0.29) is 47.0 Å². The van der Waals surface area contributed by atoms with Crippen molar-refractivity contribution in [3.63, 3.8) is 0 Å². The Morgan fingerprint density at radius 2 is 2.20 bits per heavy atom. The summed E-state index contributed by atoms with van der Waals surface area (Å²) in [5, 5.41) is 12.4. The van der Waals surface area contributed by atoms with Gasteiger partial charge in [-0.25, -0.2) is 19.8 Å². The van der Waals surface area contributed by atoms with Crippen molar-refractivity contribution in [2.24, 2.45) is 0 Å². The van der Waals surface area contributed by atoms with Gasteiger partial charge in [-0.3, -0.25) is 9.63 Å². The van der Waals surface area contributed by atoms with E-state index in [2.05, 4.69) is 25.5 Å². The highest BCUT2D eigenvalue weighted by Gasteiger charge is 2.22. The molecule has 154 valence electrons. The first-order valence-corrected chi connectivity index (χ1v) is 8.37. The molecule has 0 fully saturated rings. The summed E-state index contributed by atoms with van der Waals surface area (Å²) in [6.07, 6.45) is 0.815. The molecule has 0 saturated heterocycles. The Morgan fingerprint density at radius 3 is 2.90 bits per heavy atom. The van der Waals surface area contributed by atoms with Crippen LogP contribution in [0, 0.1) is 11.3 Å². The standard InChI is InChI=1S/C17H14F2N8O3/c18-4-5-29-17-13(16(28)26-30-8-12-22-9-27(19)25-12)14(21)23-15(24-17)11-3-1-2-10(6-11)7-20/h1-3,6,9H,4-5,8H2,(H,26,28)(H2,21,23,24). The Balaban J connectivity index is 1.84. The molecular weight excluding hydrogens is 402 g/mol. The largest absolute Gasteiger partial charge is 0.474 e. The minimum atomic E-state index is -0.877. The number of carbonyl (C=O) groups excluding carboxylic acids is 1. The molecule has 30 heavy (non-hydrogen) atoms. The lowest BCUT2D eigenvalue weighted by atomic mass is 10.1. The van der Waals surface area contributed by atoms with Crippen LogP contribution in [-0.2, 0) is 11.4 Å². The van der Waals surface area contributed by atoms with Crippen LogP contribution in [0.2, 0.25) is 0 Å². The lowest BCUT2D eigenvalue weighted by molar-refractivity contribution is 0.0203. The van der Waals surface area contributed by atoms with Crippen LogP contribution >= 0.6 is 0 Å². The number of hydrogen-bond acceptors (Lipinski definition) is 9. The Hall–Kier alpha value is -4.18. The van der Waals surface area contributed by atoms with Gasteiger partial charge in [0.2, 0.25) is 5.88 Å². The summed E-state index contributed by atoms with van der Waals surface area (Å²) in [7, 11) is 0. The third kappa shape index (κ3) is 4.80. The molecule has 0 unspecified atom stereocenters. The van der Waals surface area contributed by atoms with Crippen LogP contribution in [0.15, 0.2) is 30.6 Å². The number of nitriles is 1. The minimum absolute atomic E-state index is 0.0186. The van der Waals surface area contributed by atoms with Crippen LogP contribution < -0.4 is 16.0 Å². The van der Waals surface area contributed by atoms with E-state index in [0.717, 1.165) is 6.33 Å². The van der Waals surface area contributed by atoms with Gasteiger partial charge in [0.05, 0.1) is 11.6 Å². The van der Waals surface area contributed by atoms with Crippen molar-refractivity contribution >= 4 is 11.7 Å². The average Bonchev–Trinajstić information content (AvgIpc) is 3.16. The number of benzene rings is 1. The summed E-state index contributed by atoms with van der Waals surface area (Å²) < 4.78 is 30.6. The summed E-state index contributed by atoms with van der Waals surface area (Å²) in [4.78, 5) is 29.1. The zero-order valence-corrected chi connectivity index (χ0v) is 15.2. The van der Waals surface area contributed by atoms with Gasteiger partial charge in [-0.05, 0) is 12.1 Å². The Morgan fingerprint density at radius 1 is 1.37 bits per heavy atom. The number of alkyl halides is 1. The summed E-state index contributed by atoms with van der Waals surface area (Å²) in [6.45, 7) is -1.55. The number of anilines is 1. The highest BCUT2D eigenvalue weighted by molar-refractivity contribution is 6.00. The predicted molar refractivity (Wildman–Crippen MR) is 96.8 cm³/mol. The molecule has 0 aliphatic heterocycles. The molecule has 3 rings (SSSR count). The highest BCUT2D eigenvalue weighted by atomic mass is 19.2. The third-order valence-electron chi connectivity index (χ3n) is 3.58. The Kier molecular flexibility index (Phi) is 6.40. The molecule has 2 aromatic heterocycles. The van der Waals surface area contributed by atoms with Crippen molar-refractivity contribution in [1.29, 1.82) is 5.26 Å². The van der Waals surface area contributed by atoms with E-state index in [0.29, 0.717) is 11.1 Å². The first-order valence-electron chi connectivity index (χ1n) is 8.37. The van der Waals surface area contributed by atoms with Crippen molar-refractivity contribution in [2.75, 3.05) is 19.0 Å². The van der Waals surface area contributed by atoms with E-state index in [1.807, 2.05) is 6.07 Å². The molecule has 0 aliphatic rings. The number of nitrogen functional groups attached to an aromatic ring is 1. The van der Waals surface area contributed by atoms with Gasteiger partial charge in [-0.2, -0.15) is 10.2 Å². The first-order chi connectivity index (χ1) is 14.5. The minimum Gasteiger partial charge on any atom is -0.474 e. The van der Waals surface area contributed by atoms with Gasteiger partial charge in [0.1, 0.15) is 37.6 Å². The summed E-state index contributed by atoms with van der Waals surface area (Å²) in [5.74, 6) is -1.36. The molecule has 0 atom stereocenters. The molecule has 0 radical (unpaired) electrons. The number of aromatic nitrogens is 5. The molecule has 0 aliphatic carbocycles. The first kappa shape index (κ1) is 20.6. The van der Waals surface area contributed by atoms with Crippen LogP contribution in [0.3, 0.4) is 0 Å². The number of ether oxygens (including phenoxy) is 1. The number of hydroxylamine groups is 1. The quantitative estimate of drug-likeness (QED) is 0.514. The van der Waals surface area contributed by atoms with Gasteiger partial charge < -0.3 is 10.5 Å². The van der Waals surface area contributed by atoms with Gasteiger partial charge in [-0.1, -0.05) is 21.5 Å². The normalized spacial score (nSPS) is 10.4. The van der Waals surface area contributed by atoms with Crippen LogP contribution in [-0.4, -0.2) is 44.1 Å². The highest BCUT2D eigenvalue weighted by Crippen LogP contribution is 2.26. The molecule has 3 aromatic rings. The van der Waals surface area contributed by atoms with E-state index in [9.17, 15) is 13.7 Å². The fourth-order valence-electron chi connectivity index (χ4n) is 2.33. The van der Waals surface area contributed by atoms with E-state index < -0.39 is 12.6 Å². The van der Waals surface area contributed by atoms with E-state index in [1.165, 1.54) is 6.07 Å². The molecule has 0 bridgehead atoms. The number of nitrogens with one attached hydrogen (secondary N) is 1. The summed E-state index contributed by atoms with van der Waals surface area (Å²) in [6, 6.07) is 8.35. The van der Waals surface area contributed by atoms with Gasteiger partial charge >= 0.3 is 0 Å². The SMILES string of the molecule is N#Cc1cccc(-c2nc(N)c(C(=O)NOCc3ncn(F)n3)c(OCCF)n2)c1. The second-order valence-corrected chi connectivity index (χ2v) is 5.61. The molecule has 0 saturated carbocycles. The topological polar surface area (TPSA) is 154 Å². The number of carbonyl (C=O) groups is 1. The van der Waals surface area contributed by atoms with E-state index in [4.69, 9.17) is 20.6 Å². The fraction of sp³-hybridized carbons (Fsp3) is 0.176. The zero-order valence-electron chi connectivity index (χ0n) is 15.2. The monoisotopic (exact) mass is 416 g/mol. The Bertz CT molecular complexity index is 1100. The van der Waals surface area contributed by atoms with E-state index >= 15 is 0 Å². The van der Waals surface area contributed by atoms with Gasteiger partial charge in [0, 0.05) is 5.56 Å². The van der Waals surface area contributed by atoms with Gasteiger partial charge in [0.15, 0.2) is 11.6 Å². The molecule has 1 amide bonds. The molecule has 0 spiro atoms. The van der Waals surface area contributed by atoms with Crippen molar-refractivity contribution < 1.29 is 23.2 Å². The Labute approximate surface area is 168 Å². The number of hydrogen-bond donors (Lipinski definition) is 2. The molecular formula is C17H14F2N8O3.